The molecule has 0 radical (unpaired) electrons. The largest absolute Gasteiger partial charge is 0.479 e. The summed E-state index contributed by atoms with van der Waals surface area (Å²) in [7, 11) is 0. The van der Waals surface area contributed by atoms with Gasteiger partial charge in [0.15, 0.2) is 0 Å². The van der Waals surface area contributed by atoms with Gasteiger partial charge in [-0.1, -0.05) is 5.57 Å². The van der Waals surface area contributed by atoms with E-state index < -0.39 is 11.6 Å². The van der Waals surface area contributed by atoms with E-state index in [1.807, 2.05) is 0 Å². The van der Waals surface area contributed by atoms with Gasteiger partial charge >= 0.3 is 5.97 Å². The lowest BCUT2D eigenvalue weighted by Crippen LogP contribution is -2.29. The molecular weight excluding hydrogens is 135 g/mol. The molecule has 0 amide bonds. The van der Waals surface area contributed by atoms with Gasteiger partial charge in [-0.3, -0.25) is 0 Å². The average Bonchev–Trinajstić information content (AvgIpc) is 1.60. The second-order valence-corrected chi connectivity index (χ2v) is 2.64. The molecule has 1 N–H and O–H groups in total. The Labute approximate surface area is 59.4 Å². The SMILES string of the molecule is C=C(C)C[C@@](C)(F)C(=O)O. The van der Waals surface area contributed by atoms with Crippen LogP contribution in [-0.2, 0) is 4.79 Å². The number of rotatable bonds is 3. The van der Waals surface area contributed by atoms with Gasteiger partial charge in [-0.2, -0.15) is 0 Å². The van der Waals surface area contributed by atoms with Crippen molar-refractivity contribution < 1.29 is 14.3 Å². The maximum Gasteiger partial charge on any atom is 0.341 e. The lowest BCUT2D eigenvalue weighted by molar-refractivity contribution is -0.149. The maximum absolute atomic E-state index is 12.8. The summed E-state index contributed by atoms with van der Waals surface area (Å²) in [4.78, 5) is 10.1. The Morgan fingerprint density at radius 3 is 2.30 bits per heavy atom. The number of hydrogen-bond donors (Lipinski definition) is 1. The molecule has 0 rings (SSSR count). The second kappa shape index (κ2) is 2.82. The first kappa shape index (κ1) is 9.14. The number of hydrogen-bond acceptors (Lipinski definition) is 1. The third-order valence-electron chi connectivity index (χ3n) is 1.08. The van der Waals surface area contributed by atoms with Crippen LogP contribution in [0.3, 0.4) is 0 Å². The second-order valence-electron chi connectivity index (χ2n) is 2.64. The zero-order valence-corrected chi connectivity index (χ0v) is 6.15. The van der Waals surface area contributed by atoms with Gasteiger partial charge in [-0.15, -0.1) is 6.58 Å². The van der Waals surface area contributed by atoms with Crippen LogP contribution in [0.4, 0.5) is 4.39 Å². The van der Waals surface area contributed by atoms with Crippen molar-refractivity contribution in [2.45, 2.75) is 25.9 Å². The predicted molar refractivity (Wildman–Crippen MR) is 36.6 cm³/mol. The van der Waals surface area contributed by atoms with Crippen molar-refractivity contribution in [3.8, 4) is 0 Å². The van der Waals surface area contributed by atoms with Gasteiger partial charge in [-0.25, -0.2) is 9.18 Å². The van der Waals surface area contributed by atoms with E-state index in [2.05, 4.69) is 6.58 Å². The molecule has 0 spiro atoms. The smallest absolute Gasteiger partial charge is 0.341 e. The van der Waals surface area contributed by atoms with Gasteiger partial charge in [0, 0.05) is 6.42 Å². The molecule has 0 unspecified atom stereocenters. The van der Waals surface area contributed by atoms with Crippen LogP contribution in [0.2, 0.25) is 0 Å². The number of aliphatic carboxylic acids is 1. The van der Waals surface area contributed by atoms with Crippen LogP contribution >= 0.6 is 0 Å². The summed E-state index contributed by atoms with van der Waals surface area (Å²) in [5.74, 6) is -1.43. The Kier molecular flexibility index (Phi) is 2.57. The Balaban J connectivity index is 4.13. The summed E-state index contributed by atoms with van der Waals surface area (Å²) >= 11 is 0. The monoisotopic (exact) mass is 146 g/mol. The summed E-state index contributed by atoms with van der Waals surface area (Å²) in [6.45, 7) is 6.05. The number of alkyl halides is 1. The lowest BCUT2D eigenvalue weighted by atomic mass is 10.0. The highest BCUT2D eigenvalue weighted by Gasteiger charge is 2.32. The van der Waals surface area contributed by atoms with E-state index in [4.69, 9.17) is 5.11 Å². The van der Waals surface area contributed by atoms with E-state index in [-0.39, 0.29) is 6.42 Å². The van der Waals surface area contributed by atoms with E-state index in [1.54, 1.807) is 6.92 Å². The summed E-state index contributed by atoms with van der Waals surface area (Å²) in [6.07, 6.45) is -0.123. The van der Waals surface area contributed by atoms with Crippen LogP contribution in [0.25, 0.3) is 0 Å². The van der Waals surface area contributed by atoms with Crippen molar-refractivity contribution in [3.63, 3.8) is 0 Å². The first-order valence-electron chi connectivity index (χ1n) is 2.93. The summed E-state index contributed by atoms with van der Waals surface area (Å²) < 4.78 is 12.8. The van der Waals surface area contributed by atoms with E-state index in [1.165, 1.54) is 0 Å². The van der Waals surface area contributed by atoms with Crippen LogP contribution in [0.15, 0.2) is 12.2 Å². The quantitative estimate of drug-likeness (QED) is 0.616. The fourth-order valence-electron chi connectivity index (χ4n) is 0.642. The summed E-state index contributed by atoms with van der Waals surface area (Å²) in [5.41, 5.74) is -1.63. The molecule has 2 nitrogen and oxygen atoms in total. The lowest BCUT2D eigenvalue weighted by Gasteiger charge is -2.13. The first-order valence-corrected chi connectivity index (χ1v) is 2.93. The van der Waals surface area contributed by atoms with Crippen molar-refractivity contribution in [2.24, 2.45) is 0 Å². The van der Waals surface area contributed by atoms with Gasteiger partial charge in [0.05, 0.1) is 0 Å². The Morgan fingerprint density at radius 1 is 1.80 bits per heavy atom. The van der Waals surface area contributed by atoms with Crippen molar-refractivity contribution in [3.05, 3.63) is 12.2 Å². The highest BCUT2D eigenvalue weighted by Crippen LogP contribution is 2.19. The van der Waals surface area contributed by atoms with Crippen molar-refractivity contribution in [1.29, 1.82) is 0 Å². The van der Waals surface area contributed by atoms with Crippen LogP contribution < -0.4 is 0 Å². The van der Waals surface area contributed by atoms with E-state index in [9.17, 15) is 9.18 Å². The Morgan fingerprint density at radius 2 is 2.20 bits per heavy atom. The number of carbonyl (C=O) groups is 1. The number of carboxylic acids is 1. The average molecular weight is 146 g/mol. The minimum absolute atomic E-state index is 0.123. The fourth-order valence-corrected chi connectivity index (χ4v) is 0.642. The molecule has 1 atom stereocenters. The molecule has 10 heavy (non-hydrogen) atoms. The van der Waals surface area contributed by atoms with Crippen molar-refractivity contribution in [2.75, 3.05) is 0 Å². The normalized spacial score (nSPS) is 15.9. The molecule has 0 bridgehead atoms. The van der Waals surface area contributed by atoms with Crippen LogP contribution in [0, 0.1) is 0 Å². The molecular formula is C7H11FO2. The molecule has 0 heterocycles. The molecule has 0 aliphatic heterocycles. The molecule has 3 heteroatoms. The number of halogens is 1. The molecule has 0 aromatic heterocycles. The topological polar surface area (TPSA) is 37.3 Å². The Hall–Kier alpha value is -0.860. The molecule has 0 aliphatic carbocycles. The van der Waals surface area contributed by atoms with Gasteiger partial charge in [0.25, 0.3) is 0 Å². The zero-order chi connectivity index (χ0) is 8.36. The molecule has 0 saturated heterocycles. The summed E-state index contributed by atoms with van der Waals surface area (Å²) in [5, 5.41) is 8.27. The van der Waals surface area contributed by atoms with Gasteiger partial charge in [-0.05, 0) is 13.8 Å². The third kappa shape index (κ3) is 2.62. The fraction of sp³-hybridized carbons (Fsp3) is 0.571. The third-order valence-corrected chi connectivity index (χ3v) is 1.08. The molecule has 0 fully saturated rings. The molecule has 0 aromatic carbocycles. The van der Waals surface area contributed by atoms with Crippen molar-refractivity contribution >= 4 is 5.97 Å². The van der Waals surface area contributed by atoms with E-state index in [0.29, 0.717) is 5.57 Å². The van der Waals surface area contributed by atoms with Crippen molar-refractivity contribution in [1.82, 2.24) is 0 Å². The minimum atomic E-state index is -2.16. The van der Waals surface area contributed by atoms with E-state index >= 15 is 0 Å². The van der Waals surface area contributed by atoms with Crippen LogP contribution in [0.5, 0.6) is 0 Å². The molecule has 0 aliphatic rings. The highest BCUT2D eigenvalue weighted by molar-refractivity contribution is 5.77. The molecule has 0 saturated carbocycles. The first-order chi connectivity index (χ1) is 4.36. The molecule has 0 aromatic rings. The maximum atomic E-state index is 12.8. The number of carboxylic acid groups (broad SMARTS) is 1. The van der Waals surface area contributed by atoms with E-state index in [0.717, 1.165) is 6.92 Å². The van der Waals surface area contributed by atoms with Crippen LogP contribution in [-0.4, -0.2) is 16.7 Å². The molecule has 58 valence electrons. The predicted octanol–water partition coefficient (Wildman–Crippen LogP) is 1.77. The van der Waals surface area contributed by atoms with Gasteiger partial charge in [0.1, 0.15) is 0 Å². The van der Waals surface area contributed by atoms with Gasteiger partial charge in [0.2, 0.25) is 5.67 Å². The standard InChI is InChI=1S/C7H11FO2/c1-5(2)4-7(3,8)6(9)10/h1,4H2,2-3H3,(H,9,10)/t7-/m1/s1. The highest BCUT2D eigenvalue weighted by atomic mass is 19.1. The number of allylic oxidation sites excluding steroid dienone is 1. The zero-order valence-electron chi connectivity index (χ0n) is 6.15. The Bertz CT molecular complexity index is 161. The van der Waals surface area contributed by atoms with Gasteiger partial charge < -0.3 is 5.11 Å². The minimum Gasteiger partial charge on any atom is -0.479 e. The summed E-state index contributed by atoms with van der Waals surface area (Å²) in [6, 6.07) is 0. The van der Waals surface area contributed by atoms with Crippen LogP contribution in [0.1, 0.15) is 20.3 Å².